The molecule has 0 aromatic carbocycles. The largest absolute Gasteiger partial charge is 0.480 e. The summed E-state index contributed by atoms with van der Waals surface area (Å²) in [6, 6.07) is -1.24. The quantitative estimate of drug-likeness (QED) is 0.497. The van der Waals surface area contributed by atoms with Crippen LogP contribution in [0.4, 0.5) is 0 Å². The molecule has 0 aliphatic heterocycles. The number of imidazole rings is 1. The minimum absolute atomic E-state index is 0.00235. The normalized spacial score (nSPS) is 13.4. The molecule has 18 heavy (non-hydrogen) atoms. The van der Waals surface area contributed by atoms with Crippen molar-refractivity contribution in [3.8, 4) is 0 Å². The van der Waals surface area contributed by atoms with Crippen LogP contribution in [-0.2, 0) is 21.4 Å². The molecule has 1 heterocycles. The van der Waals surface area contributed by atoms with Crippen LogP contribution < -0.4 is 9.44 Å². The van der Waals surface area contributed by atoms with E-state index < -0.39 is 22.2 Å². The summed E-state index contributed by atoms with van der Waals surface area (Å²) in [4.78, 5) is 17.4. The van der Waals surface area contributed by atoms with Crippen molar-refractivity contribution in [2.75, 3.05) is 6.54 Å². The first-order valence-electron chi connectivity index (χ1n) is 5.41. The van der Waals surface area contributed by atoms with Crippen molar-refractivity contribution in [2.24, 2.45) is 0 Å². The van der Waals surface area contributed by atoms with E-state index in [1.807, 2.05) is 6.92 Å². The molecule has 1 atom stereocenters. The summed E-state index contributed by atoms with van der Waals surface area (Å²) < 4.78 is 27.4. The van der Waals surface area contributed by atoms with Crippen molar-refractivity contribution in [1.82, 2.24) is 19.4 Å². The van der Waals surface area contributed by atoms with Gasteiger partial charge in [0, 0.05) is 24.9 Å². The molecule has 9 heteroatoms. The minimum Gasteiger partial charge on any atom is -0.480 e. The SMILES string of the molecule is CCCNS(=O)(=O)NC(Cc1cnc[nH]1)C(=O)O. The fraction of sp³-hybridized carbons (Fsp3) is 0.556. The van der Waals surface area contributed by atoms with Crippen molar-refractivity contribution in [3.05, 3.63) is 18.2 Å². The third-order valence-corrected chi connectivity index (χ3v) is 3.30. The first kappa shape index (κ1) is 14.6. The molecule has 1 aromatic heterocycles. The third kappa shape index (κ3) is 4.82. The molecular weight excluding hydrogens is 260 g/mol. The molecule has 0 saturated heterocycles. The van der Waals surface area contributed by atoms with Crippen molar-refractivity contribution in [1.29, 1.82) is 0 Å². The first-order valence-corrected chi connectivity index (χ1v) is 6.90. The van der Waals surface area contributed by atoms with E-state index in [4.69, 9.17) is 5.11 Å². The average Bonchev–Trinajstić information content (AvgIpc) is 2.78. The summed E-state index contributed by atoms with van der Waals surface area (Å²) >= 11 is 0. The fourth-order valence-corrected chi connectivity index (χ4v) is 2.38. The van der Waals surface area contributed by atoms with E-state index >= 15 is 0 Å². The summed E-state index contributed by atoms with van der Waals surface area (Å²) in [6.45, 7) is 2.06. The van der Waals surface area contributed by atoms with Gasteiger partial charge in [-0.3, -0.25) is 4.79 Å². The number of nitrogens with one attached hydrogen (secondary N) is 3. The molecule has 0 radical (unpaired) electrons. The minimum atomic E-state index is -3.81. The number of carbonyl (C=O) groups is 1. The second-order valence-corrected chi connectivity index (χ2v) is 5.22. The number of carboxylic acids is 1. The van der Waals surface area contributed by atoms with Crippen LogP contribution in [-0.4, -0.2) is 42.0 Å². The number of nitrogens with zero attached hydrogens (tertiary/aromatic N) is 1. The summed E-state index contributed by atoms with van der Waals surface area (Å²) in [6.07, 6.45) is 3.48. The monoisotopic (exact) mass is 276 g/mol. The zero-order valence-electron chi connectivity index (χ0n) is 9.88. The van der Waals surface area contributed by atoms with Crippen molar-refractivity contribution < 1.29 is 18.3 Å². The highest BCUT2D eigenvalue weighted by atomic mass is 32.2. The second kappa shape index (κ2) is 6.47. The number of aromatic amines is 1. The maximum atomic E-state index is 11.5. The maximum absolute atomic E-state index is 11.5. The topological polar surface area (TPSA) is 124 Å². The first-order chi connectivity index (χ1) is 8.44. The molecule has 0 saturated carbocycles. The Kier molecular flexibility index (Phi) is 5.25. The van der Waals surface area contributed by atoms with Gasteiger partial charge in [0.05, 0.1) is 6.33 Å². The molecule has 0 fully saturated rings. The summed E-state index contributed by atoms with van der Waals surface area (Å²) in [5, 5.41) is 8.97. The van der Waals surface area contributed by atoms with Gasteiger partial charge in [0.1, 0.15) is 6.04 Å². The predicted octanol–water partition coefficient (Wildman–Crippen LogP) is -0.761. The van der Waals surface area contributed by atoms with Crippen molar-refractivity contribution in [2.45, 2.75) is 25.8 Å². The Morgan fingerprint density at radius 3 is 2.83 bits per heavy atom. The van der Waals surface area contributed by atoms with Gasteiger partial charge in [-0.15, -0.1) is 0 Å². The second-order valence-electron chi connectivity index (χ2n) is 3.69. The number of hydrogen-bond donors (Lipinski definition) is 4. The molecular formula is C9H16N4O4S. The Morgan fingerprint density at radius 2 is 2.33 bits per heavy atom. The molecule has 8 nitrogen and oxygen atoms in total. The lowest BCUT2D eigenvalue weighted by Crippen LogP contribution is -2.47. The average molecular weight is 276 g/mol. The maximum Gasteiger partial charge on any atom is 0.322 e. The summed E-state index contributed by atoms with van der Waals surface area (Å²) in [7, 11) is -3.81. The molecule has 102 valence electrons. The Balaban J connectivity index is 2.66. The summed E-state index contributed by atoms with van der Waals surface area (Å²) in [5.41, 5.74) is 0.542. The molecule has 1 rings (SSSR count). The van der Waals surface area contributed by atoms with Gasteiger partial charge in [-0.25, -0.2) is 9.71 Å². The van der Waals surface area contributed by atoms with E-state index in [0.717, 1.165) is 0 Å². The van der Waals surface area contributed by atoms with Crippen LogP contribution in [0, 0.1) is 0 Å². The lowest BCUT2D eigenvalue weighted by Gasteiger charge is -2.14. The van der Waals surface area contributed by atoms with Crippen molar-refractivity contribution >= 4 is 16.2 Å². The highest BCUT2D eigenvalue weighted by Crippen LogP contribution is 2.00. The van der Waals surface area contributed by atoms with Crippen LogP contribution in [0.2, 0.25) is 0 Å². The highest BCUT2D eigenvalue weighted by molar-refractivity contribution is 7.87. The van der Waals surface area contributed by atoms with Crippen LogP contribution in [0.15, 0.2) is 12.5 Å². The predicted molar refractivity (Wildman–Crippen MR) is 64.1 cm³/mol. The number of hydrogen-bond acceptors (Lipinski definition) is 4. The zero-order valence-corrected chi connectivity index (χ0v) is 10.7. The molecule has 4 N–H and O–H groups in total. The number of carboxylic acid groups (broad SMARTS) is 1. The molecule has 0 aliphatic carbocycles. The van der Waals surface area contributed by atoms with E-state index in [0.29, 0.717) is 12.1 Å². The van der Waals surface area contributed by atoms with Crippen LogP contribution in [0.5, 0.6) is 0 Å². The van der Waals surface area contributed by atoms with E-state index in [9.17, 15) is 13.2 Å². The van der Waals surface area contributed by atoms with Gasteiger partial charge in [-0.2, -0.15) is 13.1 Å². The number of aromatic nitrogens is 2. The molecule has 0 aliphatic rings. The van der Waals surface area contributed by atoms with Gasteiger partial charge >= 0.3 is 5.97 Å². The van der Waals surface area contributed by atoms with Gasteiger partial charge in [-0.1, -0.05) is 6.92 Å². The molecule has 1 unspecified atom stereocenters. The third-order valence-electron chi connectivity index (χ3n) is 2.12. The zero-order chi connectivity index (χ0) is 13.6. The molecule has 0 spiro atoms. The van der Waals surface area contributed by atoms with E-state index in [1.54, 1.807) is 0 Å². The van der Waals surface area contributed by atoms with Crippen LogP contribution in [0.1, 0.15) is 19.0 Å². The number of aliphatic carboxylic acids is 1. The smallest absolute Gasteiger partial charge is 0.322 e. The van der Waals surface area contributed by atoms with Gasteiger partial charge in [0.2, 0.25) is 0 Å². The van der Waals surface area contributed by atoms with Gasteiger partial charge in [-0.05, 0) is 6.42 Å². The Morgan fingerprint density at radius 1 is 1.61 bits per heavy atom. The lowest BCUT2D eigenvalue weighted by molar-refractivity contribution is -0.138. The Hall–Kier alpha value is -1.45. The fourth-order valence-electron chi connectivity index (χ4n) is 1.26. The van der Waals surface area contributed by atoms with Crippen molar-refractivity contribution in [3.63, 3.8) is 0 Å². The molecule has 0 amide bonds. The highest BCUT2D eigenvalue weighted by Gasteiger charge is 2.24. The van der Waals surface area contributed by atoms with Crippen LogP contribution in [0.3, 0.4) is 0 Å². The van der Waals surface area contributed by atoms with E-state index in [1.165, 1.54) is 12.5 Å². The number of H-pyrrole nitrogens is 1. The van der Waals surface area contributed by atoms with Gasteiger partial charge in [0.25, 0.3) is 10.2 Å². The van der Waals surface area contributed by atoms with Gasteiger partial charge < -0.3 is 10.1 Å². The van der Waals surface area contributed by atoms with E-state index in [-0.39, 0.29) is 13.0 Å². The molecule has 1 aromatic rings. The van der Waals surface area contributed by atoms with Gasteiger partial charge in [0.15, 0.2) is 0 Å². The lowest BCUT2D eigenvalue weighted by atomic mass is 10.2. The van der Waals surface area contributed by atoms with Crippen LogP contribution in [0.25, 0.3) is 0 Å². The standard InChI is InChI=1S/C9H16N4O4S/c1-2-3-12-18(16,17)13-8(9(14)15)4-7-5-10-6-11-7/h5-6,8,12-13H,2-4H2,1H3,(H,10,11)(H,14,15). The number of rotatable bonds is 8. The summed E-state index contributed by atoms with van der Waals surface area (Å²) in [5.74, 6) is -1.24. The Labute approximate surface area is 105 Å². The molecule has 0 bridgehead atoms. The van der Waals surface area contributed by atoms with E-state index in [2.05, 4.69) is 19.4 Å². The Bertz CT molecular complexity index is 471. The van der Waals surface area contributed by atoms with Crippen LogP contribution >= 0.6 is 0 Å².